The van der Waals surface area contributed by atoms with Gasteiger partial charge in [0.25, 0.3) is 5.91 Å². The van der Waals surface area contributed by atoms with E-state index in [0.717, 1.165) is 24.2 Å². The van der Waals surface area contributed by atoms with Crippen molar-refractivity contribution < 1.29 is 14.3 Å². The third-order valence-electron chi connectivity index (χ3n) is 4.84. The van der Waals surface area contributed by atoms with Crippen molar-refractivity contribution in [3.8, 4) is 5.75 Å². The van der Waals surface area contributed by atoms with Crippen molar-refractivity contribution in [2.75, 3.05) is 24.6 Å². The van der Waals surface area contributed by atoms with Crippen LogP contribution in [0.5, 0.6) is 5.75 Å². The molecule has 136 valence electrons. The summed E-state index contributed by atoms with van der Waals surface area (Å²) in [5, 5.41) is 7.04. The molecule has 2 aromatic rings. The van der Waals surface area contributed by atoms with E-state index in [4.69, 9.17) is 4.74 Å². The highest BCUT2D eigenvalue weighted by Crippen LogP contribution is 2.34. The van der Waals surface area contributed by atoms with E-state index in [1.165, 1.54) is 4.90 Å². The van der Waals surface area contributed by atoms with Crippen LogP contribution in [-0.2, 0) is 9.59 Å². The summed E-state index contributed by atoms with van der Waals surface area (Å²) in [6, 6.07) is 5.50. The zero-order valence-corrected chi connectivity index (χ0v) is 14.9. The van der Waals surface area contributed by atoms with Crippen LogP contribution in [0.3, 0.4) is 0 Å². The summed E-state index contributed by atoms with van der Waals surface area (Å²) in [6.45, 7) is 4.38. The molecule has 0 saturated carbocycles. The standard InChI is InChI=1S/C18H21N5O3/c1-11-5-6-15-14(8-11)23(17(25)10-26-15)9-16(24)22-7-3-4-13(22)18-19-12(2)20-21-18/h5-6,8,13H,3-4,7,9-10H2,1-2H3,(H,19,20,21)/t13-/m0/s1. The molecule has 0 unspecified atom stereocenters. The molecule has 2 amide bonds. The highest BCUT2D eigenvalue weighted by Gasteiger charge is 2.35. The van der Waals surface area contributed by atoms with Gasteiger partial charge in [0.1, 0.15) is 18.1 Å². The van der Waals surface area contributed by atoms with Crippen LogP contribution in [0, 0.1) is 13.8 Å². The van der Waals surface area contributed by atoms with Gasteiger partial charge in [-0.05, 0) is 44.4 Å². The summed E-state index contributed by atoms with van der Waals surface area (Å²) in [6.07, 6.45) is 1.73. The molecule has 1 aromatic carbocycles. The largest absolute Gasteiger partial charge is 0.482 e. The minimum absolute atomic E-state index is 0.00144. The molecule has 1 N–H and O–H groups in total. The van der Waals surface area contributed by atoms with Gasteiger partial charge in [-0.3, -0.25) is 19.6 Å². The van der Waals surface area contributed by atoms with E-state index in [1.807, 2.05) is 32.0 Å². The average Bonchev–Trinajstić information content (AvgIpc) is 3.26. The lowest BCUT2D eigenvalue weighted by Crippen LogP contribution is -2.46. The van der Waals surface area contributed by atoms with Crippen molar-refractivity contribution in [2.24, 2.45) is 0 Å². The number of rotatable bonds is 3. The molecule has 0 radical (unpaired) electrons. The second kappa shape index (κ2) is 6.44. The monoisotopic (exact) mass is 355 g/mol. The van der Waals surface area contributed by atoms with Gasteiger partial charge in [0.15, 0.2) is 12.4 Å². The van der Waals surface area contributed by atoms with Crippen LogP contribution >= 0.6 is 0 Å². The van der Waals surface area contributed by atoms with Crippen LogP contribution in [0.25, 0.3) is 0 Å². The van der Waals surface area contributed by atoms with Crippen molar-refractivity contribution in [1.29, 1.82) is 0 Å². The van der Waals surface area contributed by atoms with E-state index in [-0.39, 0.29) is 31.0 Å². The number of likely N-dealkylation sites (tertiary alicyclic amines) is 1. The highest BCUT2D eigenvalue weighted by molar-refractivity contribution is 6.02. The van der Waals surface area contributed by atoms with Gasteiger partial charge in [0.05, 0.1) is 11.7 Å². The predicted octanol–water partition coefficient (Wildman–Crippen LogP) is 1.51. The van der Waals surface area contributed by atoms with Crippen LogP contribution in [0.4, 0.5) is 5.69 Å². The van der Waals surface area contributed by atoms with Crippen LogP contribution in [0.15, 0.2) is 18.2 Å². The first-order valence-electron chi connectivity index (χ1n) is 8.75. The highest BCUT2D eigenvalue weighted by atomic mass is 16.5. The number of amides is 2. The second-order valence-electron chi connectivity index (χ2n) is 6.76. The molecule has 2 aliphatic rings. The van der Waals surface area contributed by atoms with E-state index >= 15 is 0 Å². The molecule has 0 aliphatic carbocycles. The molecule has 1 saturated heterocycles. The maximum absolute atomic E-state index is 13.0. The molecular weight excluding hydrogens is 334 g/mol. The lowest BCUT2D eigenvalue weighted by Gasteiger charge is -2.31. The normalized spacial score (nSPS) is 19.5. The van der Waals surface area contributed by atoms with Crippen molar-refractivity contribution in [1.82, 2.24) is 20.1 Å². The Bertz CT molecular complexity index is 862. The van der Waals surface area contributed by atoms with Gasteiger partial charge in [-0.1, -0.05) is 6.07 Å². The van der Waals surface area contributed by atoms with Crippen LogP contribution in [0.2, 0.25) is 0 Å². The maximum atomic E-state index is 13.0. The van der Waals surface area contributed by atoms with E-state index < -0.39 is 0 Å². The molecule has 8 heteroatoms. The number of hydrogen-bond acceptors (Lipinski definition) is 5. The SMILES string of the molecule is Cc1ccc2c(c1)N(CC(=O)N1CCC[C@H]1c1n[nH]c(C)n1)C(=O)CO2. The third kappa shape index (κ3) is 2.91. The van der Waals surface area contributed by atoms with Crippen molar-refractivity contribution in [2.45, 2.75) is 32.7 Å². The van der Waals surface area contributed by atoms with Crippen molar-refractivity contribution in [3.63, 3.8) is 0 Å². The van der Waals surface area contributed by atoms with Gasteiger partial charge in [-0.2, -0.15) is 5.10 Å². The fourth-order valence-corrected chi connectivity index (χ4v) is 3.55. The fraction of sp³-hybridized carbons (Fsp3) is 0.444. The van der Waals surface area contributed by atoms with Gasteiger partial charge in [-0.15, -0.1) is 0 Å². The average molecular weight is 355 g/mol. The number of anilines is 1. The van der Waals surface area contributed by atoms with Gasteiger partial charge in [0.2, 0.25) is 5.91 Å². The Morgan fingerprint density at radius 2 is 2.23 bits per heavy atom. The topological polar surface area (TPSA) is 91.4 Å². The van der Waals surface area contributed by atoms with Crippen LogP contribution < -0.4 is 9.64 Å². The molecule has 3 heterocycles. The molecule has 1 atom stereocenters. The Balaban J connectivity index is 1.56. The number of aryl methyl sites for hydroxylation is 2. The minimum Gasteiger partial charge on any atom is -0.482 e. The number of aromatic amines is 1. The van der Waals surface area contributed by atoms with Crippen molar-refractivity contribution >= 4 is 17.5 Å². The van der Waals surface area contributed by atoms with Gasteiger partial charge in [-0.25, -0.2) is 4.98 Å². The number of ether oxygens (including phenoxy) is 1. The number of H-pyrrole nitrogens is 1. The molecule has 1 fully saturated rings. The lowest BCUT2D eigenvalue weighted by molar-refractivity contribution is -0.132. The Morgan fingerprint density at radius 1 is 1.38 bits per heavy atom. The molecular formula is C18H21N5O3. The predicted molar refractivity (Wildman–Crippen MR) is 93.8 cm³/mol. The van der Waals surface area contributed by atoms with Gasteiger partial charge in [0, 0.05) is 6.54 Å². The number of aromatic nitrogens is 3. The zero-order chi connectivity index (χ0) is 18.3. The smallest absolute Gasteiger partial charge is 0.265 e. The minimum atomic E-state index is -0.207. The number of carbonyl (C=O) groups excluding carboxylic acids is 2. The number of fused-ring (bicyclic) bond motifs is 1. The van der Waals surface area contributed by atoms with Gasteiger partial charge < -0.3 is 9.64 Å². The number of carbonyl (C=O) groups is 2. The molecule has 4 rings (SSSR count). The maximum Gasteiger partial charge on any atom is 0.265 e. The second-order valence-corrected chi connectivity index (χ2v) is 6.76. The summed E-state index contributed by atoms with van der Waals surface area (Å²) in [5.74, 6) is 1.69. The fourth-order valence-electron chi connectivity index (χ4n) is 3.55. The summed E-state index contributed by atoms with van der Waals surface area (Å²) >= 11 is 0. The van der Waals surface area contributed by atoms with E-state index in [2.05, 4.69) is 15.2 Å². The molecule has 26 heavy (non-hydrogen) atoms. The van der Waals surface area contributed by atoms with Crippen LogP contribution in [-0.4, -0.2) is 51.6 Å². The molecule has 8 nitrogen and oxygen atoms in total. The molecule has 1 aromatic heterocycles. The summed E-state index contributed by atoms with van der Waals surface area (Å²) in [4.78, 5) is 33.0. The Hall–Kier alpha value is -2.90. The summed E-state index contributed by atoms with van der Waals surface area (Å²) in [7, 11) is 0. The molecule has 2 aliphatic heterocycles. The van der Waals surface area contributed by atoms with E-state index in [9.17, 15) is 9.59 Å². The number of nitrogens with one attached hydrogen (secondary N) is 1. The first-order chi connectivity index (χ1) is 12.5. The molecule has 0 spiro atoms. The Morgan fingerprint density at radius 3 is 3.00 bits per heavy atom. The Labute approximate surface area is 151 Å². The van der Waals surface area contributed by atoms with E-state index in [1.54, 1.807) is 4.90 Å². The van der Waals surface area contributed by atoms with E-state index in [0.29, 0.717) is 23.8 Å². The lowest BCUT2D eigenvalue weighted by atomic mass is 10.1. The number of benzene rings is 1. The number of hydrogen-bond donors (Lipinski definition) is 1. The number of nitrogens with zero attached hydrogens (tertiary/aromatic N) is 4. The van der Waals surface area contributed by atoms with Gasteiger partial charge >= 0.3 is 0 Å². The first kappa shape index (κ1) is 16.6. The quantitative estimate of drug-likeness (QED) is 0.901. The first-order valence-corrected chi connectivity index (χ1v) is 8.75. The molecule has 0 bridgehead atoms. The zero-order valence-electron chi connectivity index (χ0n) is 14.9. The summed E-state index contributed by atoms with van der Waals surface area (Å²) in [5.41, 5.74) is 1.66. The Kier molecular flexibility index (Phi) is 4.10. The van der Waals surface area contributed by atoms with Crippen LogP contribution in [0.1, 0.15) is 36.1 Å². The van der Waals surface area contributed by atoms with Crippen molar-refractivity contribution in [3.05, 3.63) is 35.4 Å². The third-order valence-corrected chi connectivity index (χ3v) is 4.84. The summed E-state index contributed by atoms with van der Waals surface area (Å²) < 4.78 is 5.48.